The van der Waals surface area contributed by atoms with Crippen LogP contribution in [0.2, 0.25) is 0 Å². The average molecular weight is 351 g/mol. The molecule has 0 fully saturated rings. The SMILES string of the molecule is CSCC(C)CNS(=O)(=O)c1c(C)csc1CNC(C)C. The summed E-state index contributed by atoms with van der Waals surface area (Å²) in [7, 11) is -3.43. The maximum absolute atomic E-state index is 12.5. The number of nitrogens with one attached hydrogen (secondary N) is 2. The van der Waals surface area contributed by atoms with Crippen molar-refractivity contribution in [2.45, 2.75) is 45.2 Å². The predicted molar refractivity (Wildman–Crippen MR) is 93.8 cm³/mol. The lowest BCUT2D eigenvalue weighted by Gasteiger charge is -2.14. The van der Waals surface area contributed by atoms with Crippen LogP contribution in [0.1, 0.15) is 31.2 Å². The summed E-state index contributed by atoms with van der Waals surface area (Å²) in [6, 6.07) is 0.331. The van der Waals surface area contributed by atoms with Crippen molar-refractivity contribution in [3.05, 3.63) is 15.8 Å². The molecule has 1 aromatic rings. The van der Waals surface area contributed by atoms with Gasteiger partial charge in [0.1, 0.15) is 4.90 Å². The molecule has 2 N–H and O–H groups in total. The molecule has 4 nitrogen and oxygen atoms in total. The molecule has 1 heterocycles. The minimum absolute atomic E-state index is 0.325. The normalized spacial score (nSPS) is 13.8. The second-order valence-electron chi connectivity index (χ2n) is 5.62. The van der Waals surface area contributed by atoms with Crippen molar-refractivity contribution in [1.29, 1.82) is 0 Å². The van der Waals surface area contributed by atoms with Crippen molar-refractivity contribution < 1.29 is 8.42 Å². The zero-order chi connectivity index (χ0) is 16.0. The maximum atomic E-state index is 12.5. The number of rotatable bonds is 9. The lowest BCUT2D eigenvalue weighted by molar-refractivity contribution is 0.557. The minimum Gasteiger partial charge on any atom is -0.310 e. The van der Waals surface area contributed by atoms with Gasteiger partial charge in [0.25, 0.3) is 0 Å². The van der Waals surface area contributed by atoms with Gasteiger partial charge in [-0.25, -0.2) is 13.1 Å². The van der Waals surface area contributed by atoms with Gasteiger partial charge in [0.2, 0.25) is 10.0 Å². The van der Waals surface area contributed by atoms with E-state index in [4.69, 9.17) is 0 Å². The molecule has 0 saturated heterocycles. The third-order valence-electron chi connectivity index (χ3n) is 3.00. The molecule has 0 aliphatic carbocycles. The van der Waals surface area contributed by atoms with Gasteiger partial charge in [-0.15, -0.1) is 11.3 Å². The van der Waals surface area contributed by atoms with Gasteiger partial charge in [0.05, 0.1) is 0 Å². The summed E-state index contributed by atoms with van der Waals surface area (Å²) in [6.07, 6.45) is 2.03. The van der Waals surface area contributed by atoms with Crippen LogP contribution in [0, 0.1) is 12.8 Å². The van der Waals surface area contributed by atoms with Crippen molar-refractivity contribution in [2.75, 3.05) is 18.6 Å². The van der Waals surface area contributed by atoms with Crippen molar-refractivity contribution in [3.63, 3.8) is 0 Å². The second-order valence-corrected chi connectivity index (χ2v) is 9.20. The Hall–Kier alpha value is -0.0800. The summed E-state index contributed by atoms with van der Waals surface area (Å²) >= 11 is 3.24. The summed E-state index contributed by atoms with van der Waals surface area (Å²) in [6.45, 7) is 9.09. The first-order chi connectivity index (χ1) is 9.77. The molecule has 0 aliphatic rings. The van der Waals surface area contributed by atoms with E-state index in [1.807, 2.05) is 18.6 Å². The highest BCUT2D eigenvalue weighted by molar-refractivity contribution is 7.98. The summed E-state index contributed by atoms with van der Waals surface area (Å²) < 4.78 is 27.9. The first-order valence-electron chi connectivity index (χ1n) is 7.06. The van der Waals surface area contributed by atoms with Crippen molar-refractivity contribution in [1.82, 2.24) is 10.0 Å². The highest BCUT2D eigenvalue weighted by atomic mass is 32.2. The Labute approximate surface area is 137 Å². The summed E-state index contributed by atoms with van der Waals surface area (Å²) in [4.78, 5) is 1.34. The maximum Gasteiger partial charge on any atom is 0.241 e. The zero-order valence-corrected chi connectivity index (χ0v) is 15.8. The van der Waals surface area contributed by atoms with E-state index in [9.17, 15) is 8.42 Å². The van der Waals surface area contributed by atoms with Gasteiger partial charge >= 0.3 is 0 Å². The fraction of sp³-hybridized carbons (Fsp3) is 0.714. The van der Waals surface area contributed by atoms with Gasteiger partial charge in [-0.2, -0.15) is 11.8 Å². The fourth-order valence-electron chi connectivity index (χ4n) is 1.93. The third kappa shape index (κ3) is 5.90. The Bertz CT molecular complexity index is 538. The Morgan fingerprint density at radius 2 is 2.00 bits per heavy atom. The molecule has 0 radical (unpaired) electrons. The van der Waals surface area contributed by atoms with E-state index in [1.54, 1.807) is 11.8 Å². The minimum atomic E-state index is -3.43. The number of aryl methyl sites for hydroxylation is 1. The molecule has 1 atom stereocenters. The van der Waals surface area contributed by atoms with Gasteiger partial charge in [-0.1, -0.05) is 20.8 Å². The Balaban J connectivity index is 2.84. The standard InChI is InChI=1S/C14H26N2O2S3/c1-10(2)15-7-13-14(12(4)9-20-13)21(17,18)16-6-11(3)8-19-5/h9-11,15-16H,6-8H2,1-5H3. The summed E-state index contributed by atoms with van der Waals surface area (Å²) in [5, 5.41) is 5.20. The van der Waals surface area contributed by atoms with Crippen molar-refractivity contribution >= 4 is 33.1 Å². The molecule has 0 aromatic carbocycles. The third-order valence-corrected chi connectivity index (χ3v) is 6.79. The Morgan fingerprint density at radius 1 is 1.33 bits per heavy atom. The van der Waals surface area contributed by atoms with E-state index in [-0.39, 0.29) is 0 Å². The molecule has 1 rings (SSSR count). The smallest absolute Gasteiger partial charge is 0.241 e. The van der Waals surface area contributed by atoms with Crippen LogP contribution in [0.5, 0.6) is 0 Å². The van der Waals surface area contributed by atoms with Crippen LogP contribution in [0.15, 0.2) is 10.3 Å². The van der Waals surface area contributed by atoms with Crippen molar-refractivity contribution in [3.8, 4) is 0 Å². The molecule has 0 saturated carbocycles. The van der Waals surface area contributed by atoms with E-state index < -0.39 is 10.0 Å². The Morgan fingerprint density at radius 3 is 2.57 bits per heavy atom. The zero-order valence-electron chi connectivity index (χ0n) is 13.4. The molecular formula is C14H26N2O2S3. The number of thiophene rings is 1. The van der Waals surface area contributed by atoms with Gasteiger partial charge in [0.15, 0.2) is 0 Å². The monoisotopic (exact) mass is 350 g/mol. The van der Waals surface area contributed by atoms with Crippen LogP contribution < -0.4 is 10.0 Å². The molecule has 0 bridgehead atoms. The number of hydrogen-bond acceptors (Lipinski definition) is 5. The quantitative estimate of drug-likeness (QED) is 0.719. The number of hydrogen-bond donors (Lipinski definition) is 2. The number of thioether (sulfide) groups is 1. The molecule has 1 unspecified atom stereocenters. The first-order valence-corrected chi connectivity index (χ1v) is 10.8. The fourth-order valence-corrected chi connectivity index (χ4v) is 5.54. The highest BCUT2D eigenvalue weighted by Gasteiger charge is 2.23. The molecule has 21 heavy (non-hydrogen) atoms. The molecule has 0 spiro atoms. The van der Waals surface area contributed by atoms with E-state index in [2.05, 4.69) is 30.8 Å². The van der Waals surface area contributed by atoms with Crippen LogP contribution in [-0.2, 0) is 16.6 Å². The molecule has 0 amide bonds. The van der Waals surface area contributed by atoms with E-state index in [0.29, 0.717) is 29.9 Å². The van der Waals surface area contributed by atoms with Crippen LogP contribution in [0.25, 0.3) is 0 Å². The van der Waals surface area contributed by atoms with Crippen molar-refractivity contribution in [2.24, 2.45) is 5.92 Å². The average Bonchev–Trinajstić information content (AvgIpc) is 2.76. The summed E-state index contributed by atoms with van der Waals surface area (Å²) in [5.41, 5.74) is 0.825. The molecule has 0 aliphatic heterocycles. The summed E-state index contributed by atoms with van der Waals surface area (Å²) in [5.74, 6) is 1.28. The predicted octanol–water partition coefficient (Wildman–Crippen LogP) is 2.83. The van der Waals surface area contributed by atoms with Crippen LogP contribution >= 0.6 is 23.1 Å². The molecule has 122 valence electrons. The van der Waals surface area contributed by atoms with Crippen LogP contribution in [0.3, 0.4) is 0 Å². The molecule has 7 heteroatoms. The van der Waals surface area contributed by atoms with E-state index >= 15 is 0 Å². The van der Waals surface area contributed by atoms with Gasteiger partial charge < -0.3 is 5.32 Å². The van der Waals surface area contributed by atoms with Crippen LogP contribution in [-0.4, -0.2) is 33.0 Å². The van der Waals surface area contributed by atoms with E-state index in [1.165, 1.54) is 11.3 Å². The highest BCUT2D eigenvalue weighted by Crippen LogP contribution is 2.27. The van der Waals surface area contributed by atoms with Gasteiger partial charge in [-0.3, -0.25) is 0 Å². The lowest BCUT2D eigenvalue weighted by Crippen LogP contribution is -2.30. The largest absolute Gasteiger partial charge is 0.310 e. The van der Waals surface area contributed by atoms with E-state index in [0.717, 1.165) is 16.2 Å². The van der Waals surface area contributed by atoms with Crippen LogP contribution in [0.4, 0.5) is 0 Å². The Kier molecular flexibility index (Phi) is 7.70. The first kappa shape index (κ1) is 19.0. The molecular weight excluding hydrogens is 324 g/mol. The van der Waals surface area contributed by atoms with Gasteiger partial charge in [0, 0.05) is 24.0 Å². The topological polar surface area (TPSA) is 58.2 Å². The second kappa shape index (κ2) is 8.53. The molecule has 1 aromatic heterocycles. The number of sulfonamides is 1. The van der Waals surface area contributed by atoms with Gasteiger partial charge in [-0.05, 0) is 35.8 Å². The lowest BCUT2D eigenvalue weighted by atomic mass is 10.2.